The molecule has 440 valence electrons. The van der Waals surface area contributed by atoms with Gasteiger partial charge in [0.2, 0.25) is 0 Å². The summed E-state index contributed by atoms with van der Waals surface area (Å²) >= 11 is 0. The van der Waals surface area contributed by atoms with Crippen LogP contribution in [0.4, 0.5) is 0 Å². The summed E-state index contributed by atoms with van der Waals surface area (Å²) in [6.45, 7) is -1.95. The van der Waals surface area contributed by atoms with E-state index in [0.29, 0.717) is 70.6 Å². The second kappa shape index (κ2) is 27.6. The molecule has 77 heavy (non-hydrogen) atoms. The monoisotopic (exact) mass is 1110 g/mol. The number of rotatable bonds is 17. The van der Waals surface area contributed by atoms with Gasteiger partial charge in [0.25, 0.3) is 0 Å². The number of allylic oxidation sites excluding steroid dienone is 2. The molecule has 4 saturated heterocycles. The molecule has 0 spiro atoms. The SMILES string of the molecule is COC1CC(C=CC(=O)OCC2OC(OC3C(OC4CC5C(OC6OC(CO)C(O)C(O)C6O)CC(O)CC5[OH+]C4C4CCC(O)CC4)OC(COC(=O)C=CC4CCC(O)CC4)C(O)C3O)C(O)C(O)C2O)CCC1O. The summed E-state index contributed by atoms with van der Waals surface area (Å²) in [5.74, 6) is -2.45. The molecule has 4 aliphatic heterocycles. The van der Waals surface area contributed by atoms with E-state index in [1.54, 1.807) is 12.2 Å². The Bertz CT molecular complexity index is 1910. The molecule has 0 aromatic carbocycles. The van der Waals surface area contributed by atoms with Crippen LogP contribution in [0.1, 0.15) is 89.9 Å². The number of carbonyl (C=O) groups is 2. The van der Waals surface area contributed by atoms with Gasteiger partial charge in [-0.05, 0) is 88.9 Å². The fourth-order valence-electron chi connectivity index (χ4n) is 12.5. The third-order valence-corrected chi connectivity index (χ3v) is 17.2. The molecule has 25 nitrogen and oxygen atoms in total. The molecule has 0 radical (unpaired) electrons. The van der Waals surface area contributed by atoms with Crippen LogP contribution >= 0.6 is 0 Å². The van der Waals surface area contributed by atoms with Crippen molar-refractivity contribution in [1.29, 1.82) is 0 Å². The van der Waals surface area contributed by atoms with E-state index < -0.39 is 185 Å². The predicted molar refractivity (Wildman–Crippen MR) is 259 cm³/mol. The van der Waals surface area contributed by atoms with Crippen molar-refractivity contribution in [2.75, 3.05) is 26.9 Å². The topological polar surface area (TPSA) is 393 Å². The molecule has 24 unspecified atom stereocenters. The van der Waals surface area contributed by atoms with Crippen molar-refractivity contribution in [3.63, 3.8) is 0 Å². The van der Waals surface area contributed by atoms with Gasteiger partial charge >= 0.3 is 11.9 Å². The van der Waals surface area contributed by atoms with Crippen LogP contribution < -0.4 is 0 Å². The lowest BCUT2D eigenvalue weighted by Crippen LogP contribution is -2.66. The number of aliphatic hydroxyl groups excluding tert-OH is 13. The number of hydrogen-bond donors (Lipinski definition) is 13. The lowest BCUT2D eigenvalue weighted by atomic mass is 9.73. The summed E-state index contributed by atoms with van der Waals surface area (Å²) in [5.41, 5.74) is 0. The van der Waals surface area contributed by atoms with Gasteiger partial charge in [0.1, 0.15) is 92.6 Å². The van der Waals surface area contributed by atoms with Gasteiger partial charge in [0, 0.05) is 38.0 Å². The maximum atomic E-state index is 13.1. The number of hydrogen-bond acceptors (Lipinski definition) is 24. The first-order valence-electron chi connectivity index (χ1n) is 27.4. The van der Waals surface area contributed by atoms with Crippen molar-refractivity contribution < 1.29 is 123 Å². The summed E-state index contributed by atoms with van der Waals surface area (Å²) in [6, 6.07) is 0. The number of carbonyl (C=O) groups excluding carboxylic acids is 2. The van der Waals surface area contributed by atoms with E-state index in [0.717, 1.165) is 0 Å². The van der Waals surface area contributed by atoms with Crippen LogP contribution in [0.15, 0.2) is 24.3 Å². The van der Waals surface area contributed by atoms with Gasteiger partial charge < -0.3 is 114 Å². The highest BCUT2D eigenvalue weighted by Crippen LogP contribution is 2.44. The van der Waals surface area contributed by atoms with E-state index in [4.69, 9.17) is 47.4 Å². The molecule has 4 saturated carbocycles. The first-order valence-corrected chi connectivity index (χ1v) is 27.4. The molecule has 25 heteroatoms. The van der Waals surface area contributed by atoms with E-state index in [2.05, 4.69) is 0 Å². The van der Waals surface area contributed by atoms with Crippen molar-refractivity contribution in [3.05, 3.63) is 24.3 Å². The van der Waals surface area contributed by atoms with Gasteiger partial charge in [-0.15, -0.1) is 0 Å². The summed E-state index contributed by atoms with van der Waals surface area (Å²) < 4.78 is 58.8. The fraction of sp³-hybridized carbons (Fsp3) is 0.885. The average molecular weight is 1110 g/mol. The second-order valence-corrected chi connectivity index (χ2v) is 22.4. The molecule has 14 N–H and O–H groups in total. The number of esters is 2. The zero-order valence-corrected chi connectivity index (χ0v) is 43.2. The molecule has 8 fully saturated rings. The summed E-state index contributed by atoms with van der Waals surface area (Å²) in [7, 11) is 1.49. The molecular weight excluding hydrogens is 1020 g/mol. The number of methoxy groups -OCH3 is 1. The van der Waals surface area contributed by atoms with Crippen molar-refractivity contribution in [2.24, 2.45) is 23.7 Å². The van der Waals surface area contributed by atoms with Gasteiger partial charge in [0.15, 0.2) is 31.1 Å². The molecule has 4 heterocycles. The van der Waals surface area contributed by atoms with Crippen LogP contribution in [0.3, 0.4) is 0 Å². The van der Waals surface area contributed by atoms with Crippen molar-refractivity contribution in [3.8, 4) is 0 Å². The Balaban J connectivity index is 1.03. The maximum absolute atomic E-state index is 13.1. The highest BCUT2D eigenvalue weighted by Gasteiger charge is 2.58. The molecule has 8 rings (SSSR count). The first kappa shape index (κ1) is 60.7. The molecule has 4 aliphatic carbocycles. The minimum absolute atomic E-state index is 0.0120. The van der Waals surface area contributed by atoms with E-state index in [9.17, 15) is 76.0 Å². The van der Waals surface area contributed by atoms with Crippen molar-refractivity contribution in [2.45, 2.75) is 237 Å². The minimum Gasteiger partial charge on any atom is -0.460 e. The maximum Gasteiger partial charge on any atom is 0.330 e. The van der Waals surface area contributed by atoms with Crippen molar-refractivity contribution in [1.82, 2.24) is 0 Å². The Morgan fingerprint density at radius 2 is 1.03 bits per heavy atom. The van der Waals surface area contributed by atoms with E-state index in [1.807, 2.05) is 0 Å². The highest BCUT2D eigenvalue weighted by atomic mass is 16.8. The molecule has 24 atom stereocenters. The Morgan fingerprint density at radius 3 is 1.64 bits per heavy atom. The highest BCUT2D eigenvalue weighted by molar-refractivity contribution is 5.82. The van der Waals surface area contributed by atoms with Crippen LogP contribution in [-0.2, 0) is 52.2 Å². The number of fused-ring (bicyclic) bond motifs is 1. The average Bonchev–Trinajstić information content (AvgIpc) is 3.46. The summed E-state index contributed by atoms with van der Waals surface area (Å²) in [5, 5.41) is 141. The largest absolute Gasteiger partial charge is 0.460 e. The smallest absolute Gasteiger partial charge is 0.330 e. The van der Waals surface area contributed by atoms with Crippen LogP contribution in [-0.4, -0.2) is 257 Å². The quantitative estimate of drug-likeness (QED) is 0.0376. The Morgan fingerprint density at radius 1 is 0.506 bits per heavy atom. The van der Waals surface area contributed by atoms with Gasteiger partial charge in [-0.25, -0.2) is 9.59 Å². The van der Waals surface area contributed by atoms with Crippen LogP contribution in [0.25, 0.3) is 0 Å². The van der Waals surface area contributed by atoms with E-state index >= 15 is 0 Å². The Kier molecular flexibility index (Phi) is 21.7. The zero-order chi connectivity index (χ0) is 55.2. The lowest BCUT2D eigenvalue weighted by molar-refractivity contribution is -0.389. The minimum atomic E-state index is -2.00. The molecule has 0 bridgehead atoms. The van der Waals surface area contributed by atoms with E-state index in [1.165, 1.54) is 19.3 Å². The second-order valence-electron chi connectivity index (χ2n) is 22.4. The number of aliphatic hydroxyl groups is 15. The number of ether oxygens (including phenoxy) is 10. The predicted octanol–water partition coefficient (Wildman–Crippen LogP) is -3.89. The Hall–Kier alpha value is -2.42. The third kappa shape index (κ3) is 15.0. The molecule has 0 amide bonds. The van der Waals surface area contributed by atoms with Gasteiger partial charge in [-0.2, -0.15) is 0 Å². The third-order valence-electron chi connectivity index (χ3n) is 17.2. The zero-order valence-electron chi connectivity index (χ0n) is 43.2. The summed E-state index contributed by atoms with van der Waals surface area (Å²) in [6.07, 6.45) is -20.0. The molecule has 8 aliphatic rings. The van der Waals surface area contributed by atoms with Gasteiger partial charge in [-0.3, -0.25) is 0 Å². The first-order chi connectivity index (χ1) is 36.8. The molecular formula is C52H83O25+. The van der Waals surface area contributed by atoms with Crippen LogP contribution in [0, 0.1) is 23.7 Å². The standard InChI is InChI=1S/C52H82O25/c1-68-33-16-24(4-13-30(33)57)6-15-39(59)69-21-36-41(61)44(64)47(67)51(75-36)77-49-45(65)42(62)37(22-70-38(58)14-5-23-2-9-26(54)10-3-23)76-52(49)73-34-19-29-31(71-48(34)25-7-11-27(55)12-8-25)17-28(56)18-32(29)72-50-46(66)43(63)40(60)35(20-53)74-50/h5-6,14-15,23-37,40-57,60-67H,2-4,7-13,16-22H2,1H3/p+1. The van der Waals surface area contributed by atoms with Gasteiger partial charge in [0.05, 0.1) is 49.1 Å². The van der Waals surface area contributed by atoms with E-state index in [-0.39, 0.29) is 37.0 Å². The van der Waals surface area contributed by atoms with Gasteiger partial charge in [-0.1, -0.05) is 12.2 Å². The fourth-order valence-corrected chi connectivity index (χ4v) is 12.5. The Labute approximate surface area is 446 Å². The normalized spacial score (nSPS) is 48.1. The van der Waals surface area contributed by atoms with Crippen LogP contribution in [0.5, 0.6) is 0 Å². The lowest BCUT2D eigenvalue weighted by Gasteiger charge is -2.50. The van der Waals surface area contributed by atoms with Crippen LogP contribution in [0.2, 0.25) is 0 Å². The summed E-state index contributed by atoms with van der Waals surface area (Å²) in [4.78, 5) is 26.0. The molecule has 0 aromatic rings. The molecule has 0 aromatic heterocycles. The van der Waals surface area contributed by atoms with Crippen molar-refractivity contribution >= 4 is 11.9 Å².